The van der Waals surface area contributed by atoms with Gasteiger partial charge in [-0.1, -0.05) is 24.8 Å². The van der Waals surface area contributed by atoms with E-state index < -0.39 is 0 Å². The van der Waals surface area contributed by atoms with Crippen molar-refractivity contribution in [3.63, 3.8) is 0 Å². The number of ether oxygens (including phenoxy) is 1. The van der Waals surface area contributed by atoms with Crippen molar-refractivity contribution in [3.05, 3.63) is 24.8 Å². The molecule has 2 heteroatoms. The van der Waals surface area contributed by atoms with Crippen LogP contribution in [0.3, 0.4) is 0 Å². The van der Waals surface area contributed by atoms with E-state index in [0.29, 0.717) is 0 Å². The lowest BCUT2D eigenvalue weighted by atomic mass is 10.0. The van der Waals surface area contributed by atoms with Crippen molar-refractivity contribution in [2.75, 3.05) is 0 Å². The van der Waals surface area contributed by atoms with Gasteiger partial charge in [-0.2, -0.15) is 0 Å². The zero-order chi connectivity index (χ0) is 10.4. The minimum Gasteiger partial charge on any atom is -0.458 e. The molecule has 0 aromatic carbocycles. The summed E-state index contributed by atoms with van der Waals surface area (Å²) in [6.45, 7) is 5.42. The van der Waals surface area contributed by atoms with Gasteiger partial charge in [0.2, 0.25) is 0 Å². The SMILES string of the molecule is C=CC(C)OC(=O)C1CC=CCCC1. The molecular weight excluding hydrogens is 176 g/mol. The van der Waals surface area contributed by atoms with Crippen LogP contribution in [0.1, 0.15) is 32.6 Å². The maximum Gasteiger partial charge on any atom is 0.309 e. The van der Waals surface area contributed by atoms with Gasteiger partial charge in [-0.05, 0) is 32.6 Å². The van der Waals surface area contributed by atoms with E-state index in [4.69, 9.17) is 4.74 Å². The first-order valence-electron chi connectivity index (χ1n) is 5.22. The van der Waals surface area contributed by atoms with Crippen molar-refractivity contribution < 1.29 is 9.53 Å². The minimum absolute atomic E-state index is 0.0520. The third-order valence-corrected chi connectivity index (χ3v) is 2.48. The molecule has 0 N–H and O–H groups in total. The van der Waals surface area contributed by atoms with Crippen LogP contribution in [-0.2, 0) is 9.53 Å². The molecule has 14 heavy (non-hydrogen) atoms. The monoisotopic (exact) mass is 194 g/mol. The molecule has 1 aliphatic rings. The largest absolute Gasteiger partial charge is 0.458 e. The predicted molar refractivity (Wildman–Crippen MR) is 56.8 cm³/mol. The van der Waals surface area contributed by atoms with Gasteiger partial charge in [-0.3, -0.25) is 4.79 Å². The van der Waals surface area contributed by atoms with E-state index >= 15 is 0 Å². The fourth-order valence-electron chi connectivity index (χ4n) is 1.52. The van der Waals surface area contributed by atoms with Crippen molar-refractivity contribution in [2.45, 2.75) is 38.7 Å². The van der Waals surface area contributed by atoms with Gasteiger partial charge in [0.15, 0.2) is 0 Å². The first kappa shape index (κ1) is 11.0. The van der Waals surface area contributed by atoms with Crippen LogP contribution in [0.25, 0.3) is 0 Å². The Morgan fingerprint density at radius 1 is 1.64 bits per heavy atom. The Hall–Kier alpha value is -1.05. The topological polar surface area (TPSA) is 26.3 Å². The van der Waals surface area contributed by atoms with E-state index in [1.54, 1.807) is 6.08 Å². The number of hydrogen-bond acceptors (Lipinski definition) is 2. The van der Waals surface area contributed by atoms with Gasteiger partial charge in [0.25, 0.3) is 0 Å². The normalized spacial score (nSPS) is 23.6. The van der Waals surface area contributed by atoms with Gasteiger partial charge in [0.1, 0.15) is 6.10 Å². The summed E-state index contributed by atoms with van der Waals surface area (Å²) in [5.41, 5.74) is 0. The number of allylic oxidation sites excluding steroid dienone is 2. The van der Waals surface area contributed by atoms with Crippen molar-refractivity contribution in [1.29, 1.82) is 0 Å². The van der Waals surface area contributed by atoms with Crippen LogP contribution in [0.2, 0.25) is 0 Å². The van der Waals surface area contributed by atoms with E-state index in [0.717, 1.165) is 25.7 Å². The van der Waals surface area contributed by atoms with Crippen molar-refractivity contribution in [3.8, 4) is 0 Å². The molecule has 0 aromatic rings. The average Bonchev–Trinajstić information content (AvgIpc) is 2.45. The van der Waals surface area contributed by atoms with Crippen LogP contribution in [-0.4, -0.2) is 12.1 Å². The van der Waals surface area contributed by atoms with Gasteiger partial charge in [0.05, 0.1) is 5.92 Å². The Morgan fingerprint density at radius 2 is 2.43 bits per heavy atom. The molecule has 0 heterocycles. The lowest BCUT2D eigenvalue weighted by Crippen LogP contribution is -2.21. The maximum absolute atomic E-state index is 11.6. The summed E-state index contributed by atoms with van der Waals surface area (Å²) >= 11 is 0. The fourth-order valence-corrected chi connectivity index (χ4v) is 1.52. The summed E-state index contributed by atoms with van der Waals surface area (Å²) in [5, 5.41) is 0. The summed E-state index contributed by atoms with van der Waals surface area (Å²) < 4.78 is 5.20. The Bertz CT molecular complexity index is 230. The van der Waals surface area contributed by atoms with Crippen LogP contribution in [0.5, 0.6) is 0 Å². The standard InChI is InChI=1S/C12H18O2/c1-3-10(2)14-12(13)11-8-6-4-5-7-9-11/h3-4,6,10-11H,1,5,7-9H2,2H3. The third kappa shape index (κ3) is 3.36. The first-order valence-corrected chi connectivity index (χ1v) is 5.22. The predicted octanol–water partition coefficient (Wildman–Crippen LogP) is 2.85. The van der Waals surface area contributed by atoms with Crippen molar-refractivity contribution in [1.82, 2.24) is 0 Å². The number of rotatable bonds is 3. The Labute approximate surface area is 85.6 Å². The van der Waals surface area contributed by atoms with Gasteiger partial charge in [0, 0.05) is 0 Å². The van der Waals surface area contributed by atoms with Crippen LogP contribution in [0.4, 0.5) is 0 Å². The van der Waals surface area contributed by atoms with Crippen molar-refractivity contribution >= 4 is 5.97 Å². The molecule has 0 spiro atoms. The highest BCUT2D eigenvalue weighted by Crippen LogP contribution is 2.20. The highest BCUT2D eigenvalue weighted by Gasteiger charge is 2.20. The van der Waals surface area contributed by atoms with Gasteiger partial charge < -0.3 is 4.74 Å². The summed E-state index contributed by atoms with van der Waals surface area (Å²) in [5.74, 6) is -0.0277. The second-order valence-corrected chi connectivity index (χ2v) is 3.71. The highest BCUT2D eigenvalue weighted by atomic mass is 16.5. The zero-order valence-corrected chi connectivity index (χ0v) is 8.74. The van der Waals surface area contributed by atoms with E-state index in [9.17, 15) is 4.79 Å². The highest BCUT2D eigenvalue weighted by molar-refractivity contribution is 5.73. The van der Waals surface area contributed by atoms with E-state index in [1.165, 1.54) is 0 Å². The summed E-state index contributed by atoms with van der Waals surface area (Å²) in [4.78, 5) is 11.6. The molecule has 1 aliphatic carbocycles. The molecule has 1 rings (SSSR count). The quantitative estimate of drug-likeness (QED) is 0.510. The number of carbonyl (C=O) groups is 1. The molecule has 2 unspecified atom stereocenters. The molecule has 0 saturated heterocycles. The van der Waals surface area contributed by atoms with Crippen LogP contribution < -0.4 is 0 Å². The average molecular weight is 194 g/mol. The van der Waals surface area contributed by atoms with Crippen LogP contribution >= 0.6 is 0 Å². The summed E-state index contributed by atoms with van der Waals surface area (Å²) in [6, 6.07) is 0. The fraction of sp³-hybridized carbons (Fsp3) is 0.583. The van der Waals surface area contributed by atoms with Gasteiger partial charge >= 0.3 is 5.97 Å². The second-order valence-electron chi connectivity index (χ2n) is 3.71. The molecule has 0 aromatic heterocycles. The third-order valence-electron chi connectivity index (χ3n) is 2.48. The summed E-state index contributed by atoms with van der Waals surface area (Å²) in [7, 11) is 0. The van der Waals surface area contributed by atoms with Gasteiger partial charge in [-0.25, -0.2) is 0 Å². The van der Waals surface area contributed by atoms with E-state index in [2.05, 4.69) is 18.7 Å². The van der Waals surface area contributed by atoms with Crippen LogP contribution in [0, 0.1) is 5.92 Å². The Balaban J connectivity index is 2.42. The van der Waals surface area contributed by atoms with E-state index in [1.807, 2.05) is 6.92 Å². The lowest BCUT2D eigenvalue weighted by Gasteiger charge is -2.15. The molecule has 0 fully saturated rings. The zero-order valence-electron chi connectivity index (χ0n) is 8.74. The van der Waals surface area contributed by atoms with E-state index in [-0.39, 0.29) is 18.0 Å². The Morgan fingerprint density at radius 3 is 3.14 bits per heavy atom. The summed E-state index contributed by atoms with van der Waals surface area (Å²) in [6.07, 6.45) is 9.62. The van der Waals surface area contributed by atoms with Crippen LogP contribution in [0.15, 0.2) is 24.8 Å². The molecule has 0 amide bonds. The molecule has 0 bridgehead atoms. The molecule has 78 valence electrons. The van der Waals surface area contributed by atoms with Crippen molar-refractivity contribution in [2.24, 2.45) is 5.92 Å². The smallest absolute Gasteiger partial charge is 0.309 e. The number of carbonyl (C=O) groups excluding carboxylic acids is 1. The van der Waals surface area contributed by atoms with Gasteiger partial charge in [-0.15, -0.1) is 0 Å². The molecule has 0 radical (unpaired) electrons. The minimum atomic E-state index is -0.172. The molecule has 2 nitrogen and oxygen atoms in total. The first-order chi connectivity index (χ1) is 6.74. The maximum atomic E-state index is 11.6. The Kier molecular flexibility index (Phi) is 4.44. The second kappa shape index (κ2) is 5.63. The number of esters is 1. The molecular formula is C12H18O2. The molecule has 0 aliphatic heterocycles. The lowest BCUT2D eigenvalue weighted by molar-refractivity contribution is -0.151. The molecule has 0 saturated carbocycles. The molecule has 2 atom stereocenters. The number of hydrogen-bond donors (Lipinski definition) is 0.